The lowest BCUT2D eigenvalue weighted by molar-refractivity contribution is 0.0932. The molecule has 3 rings (SSSR count). The second kappa shape index (κ2) is 7.08. The van der Waals surface area contributed by atoms with Crippen molar-refractivity contribution in [3.8, 4) is 17.1 Å². The minimum absolute atomic E-state index is 0.234. The van der Waals surface area contributed by atoms with Gasteiger partial charge in [-0.25, -0.2) is 4.98 Å². The summed E-state index contributed by atoms with van der Waals surface area (Å²) in [6, 6.07) is 9.20. The zero-order valence-electron chi connectivity index (χ0n) is 13.6. The maximum atomic E-state index is 12.8. The van der Waals surface area contributed by atoms with Crippen LogP contribution < -0.4 is 10.1 Å². The fourth-order valence-corrected chi connectivity index (χ4v) is 2.20. The highest BCUT2D eigenvalue weighted by atomic mass is 19.1. The molecule has 0 saturated carbocycles. The van der Waals surface area contributed by atoms with Gasteiger partial charge in [0.25, 0.3) is 5.91 Å². The van der Waals surface area contributed by atoms with Crippen molar-refractivity contribution in [3.63, 3.8) is 0 Å². The largest absolute Gasteiger partial charge is 0.496 e. The molecular formula is C17H15FN4O3. The van der Waals surface area contributed by atoms with E-state index >= 15 is 0 Å². The van der Waals surface area contributed by atoms with Gasteiger partial charge in [-0.15, -0.1) is 0 Å². The molecule has 25 heavy (non-hydrogen) atoms. The van der Waals surface area contributed by atoms with Gasteiger partial charge in [-0.05, 0) is 31.2 Å². The molecular weight excluding hydrogens is 327 g/mol. The molecule has 1 N–H and O–H groups in total. The first-order chi connectivity index (χ1) is 12.1. The van der Waals surface area contributed by atoms with Crippen LogP contribution >= 0.6 is 0 Å². The SMILES string of the molecule is COc1ccccc1-c1noc([C@@H](C)NC(=O)c2ccc(F)nc2)n1. The molecule has 1 aromatic carbocycles. The fraction of sp³-hybridized carbons (Fsp3) is 0.176. The second-order valence-electron chi connectivity index (χ2n) is 5.22. The van der Waals surface area contributed by atoms with E-state index in [-0.39, 0.29) is 11.5 Å². The molecule has 7 nitrogen and oxygen atoms in total. The van der Waals surface area contributed by atoms with Gasteiger partial charge in [-0.2, -0.15) is 9.37 Å². The molecule has 0 spiro atoms. The van der Waals surface area contributed by atoms with E-state index in [9.17, 15) is 9.18 Å². The number of hydrogen-bond donors (Lipinski definition) is 1. The smallest absolute Gasteiger partial charge is 0.253 e. The summed E-state index contributed by atoms with van der Waals surface area (Å²) >= 11 is 0. The quantitative estimate of drug-likeness (QED) is 0.717. The van der Waals surface area contributed by atoms with Crippen LogP contribution in [-0.4, -0.2) is 28.1 Å². The van der Waals surface area contributed by atoms with E-state index in [1.165, 1.54) is 6.07 Å². The minimum Gasteiger partial charge on any atom is -0.496 e. The Kier molecular flexibility index (Phi) is 4.69. The number of pyridine rings is 1. The second-order valence-corrected chi connectivity index (χ2v) is 5.22. The van der Waals surface area contributed by atoms with Gasteiger partial charge in [0.15, 0.2) is 0 Å². The number of carbonyl (C=O) groups excluding carboxylic acids is 1. The molecule has 0 aliphatic rings. The third kappa shape index (κ3) is 3.63. The van der Waals surface area contributed by atoms with Crippen molar-refractivity contribution in [2.75, 3.05) is 7.11 Å². The zero-order chi connectivity index (χ0) is 17.8. The van der Waals surface area contributed by atoms with E-state index in [2.05, 4.69) is 20.4 Å². The van der Waals surface area contributed by atoms with Crippen LogP contribution in [0.15, 0.2) is 47.1 Å². The van der Waals surface area contributed by atoms with E-state index < -0.39 is 17.9 Å². The molecule has 2 aromatic heterocycles. The number of hydrogen-bond acceptors (Lipinski definition) is 6. The number of methoxy groups -OCH3 is 1. The lowest BCUT2D eigenvalue weighted by Crippen LogP contribution is -2.27. The molecule has 128 valence electrons. The summed E-state index contributed by atoms with van der Waals surface area (Å²) < 4.78 is 23.3. The molecule has 0 saturated heterocycles. The van der Waals surface area contributed by atoms with Crippen LogP contribution in [0.1, 0.15) is 29.2 Å². The summed E-state index contributed by atoms with van der Waals surface area (Å²) in [6.07, 6.45) is 1.16. The Bertz CT molecular complexity index is 880. The summed E-state index contributed by atoms with van der Waals surface area (Å²) in [5.41, 5.74) is 0.916. The summed E-state index contributed by atoms with van der Waals surface area (Å²) in [4.78, 5) is 19.9. The van der Waals surface area contributed by atoms with Crippen LogP contribution in [-0.2, 0) is 0 Å². The third-order valence-electron chi connectivity index (χ3n) is 3.50. The Morgan fingerprint density at radius 1 is 1.28 bits per heavy atom. The van der Waals surface area contributed by atoms with Gasteiger partial charge in [0.05, 0.1) is 18.2 Å². The Balaban J connectivity index is 1.75. The first-order valence-electron chi connectivity index (χ1n) is 7.48. The number of para-hydroxylation sites is 1. The molecule has 2 heterocycles. The molecule has 0 aliphatic carbocycles. The van der Waals surface area contributed by atoms with Crippen molar-refractivity contribution in [2.45, 2.75) is 13.0 Å². The van der Waals surface area contributed by atoms with Crippen molar-refractivity contribution in [3.05, 3.63) is 60.0 Å². The average Bonchev–Trinajstić information content (AvgIpc) is 3.12. The number of amides is 1. The van der Waals surface area contributed by atoms with Gasteiger partial charge in [0.1, 0.15) is 11.8 Å². The van der Waals surface area contributed by atoms with Crippen molar-refractivity contribution in [1.29, 1.82) is 0 Å². The van der Waals surface area contributed by atoms with Gasteiger partial charge < -0.3 is 14.6 Å². The van der Waals surface area contributed by atoms with E-state index in [0.29, 0.717) is 17.1 Å². The molecule has 0 radical (unpaired) electrons. The van der Waals surface area contributed by atoms with Crippen LogP contribution in [0.4, 0.5) is 4.39 Å². The number of nitrogens with zero attached hydrogens (tertiary/aromatic N) is 3. The van der Waals surface area contributed by atoms with Gasteiger partial charge in [-0.1, -0.05) is 17.3 Å². The normalized spacial score (nSPS) is 11.8. The van der Waals surface area contributed by atoms with Crippen molar-refractivity contribution in [1.82, 2.24) is 20.4 Å². The summed E-state index contributed by atoms with van der Waals surface area (Å²) in [6.45, 7) is 1.70. The first-order valence-corrected chi connectivity index (χ1v) is 7.48. The van der Waals surface area contributed by atoms with Gasteiger partial charge in [-0.3, -0.25) is 4.79 Å². The third-order valence-corrected chi connectivity index (χ3v) is 3.50. The Morgan fingerprint density at radius 2 is 2.08 bits per heavy atom. The van der Waals surface area contributed by atoms with E-state index in [4.69, 9.17) is 9.26 Å². The minimum atomic E-state index is -0.650. The van der Waals surface area contributed by atoms with E-state index in [1.807, 2.05) is 12.1 Å². The number of rotatable bonds is 5. The zero-order valence-corrected chi connectivity index (χ0v) is 13.6. The Morgan fingerprint density at radius 3 is 2.80 bits per heavy atom. The van der Waals surface area contributed by atoms with Gasteiger partial charge in [0, 0.05) is 6.20 Å². The van der Waals surface area contributed by atoms with E-state index in [0.717, 1.165) is 12.3 Å². The average molecular weight is 342 g/mol. The fourth-order valence-electron chi connectivity index (χ4n) is 2.20. The molecule has 1 amide bonds. The molecule has 8 heteroatoms. The molecule has 0 fully saturated rings. The Hall–Kier alpha value is -3.29. The molecule has 0 aliphatic heterocycles. The van der Waals surface area contributed by atoms with Crippen LogP contribution in [0.5, 0.6) is 5.75 Å². The van der Waals surface area contributed by atoms with Crippen LogP contribution in [0.3, 0.4) is 0 Å². The van der Waals surface area contributed by atoms with E-state index in [1.54, 1.807) is 26.2 Å². The lowest BCUT2D eigenvalue weighted by atomic mass is 10.2. The van der Waals surface area contributed by atoms with Crippen LogP contribution in [0.25, 0.3) is 11.4 Å². The highest BCUT2D eigenvalue weighted by Gasteiger charge is 2.19. The number of nitrogens with one attached hydrogen (secondary N) is 1. The molecule has 1 atom stereocenters. The summed E-state index contributed by atoms with van der Waals surface area (Å²) in [5.74, 6) is 0.144. The number of halogens is 1. The van der Waals surface area contributed by atoms with Crippen molar-refractivity contribution >= 4 is 5.91 Å². The number of ether oxygens (including phenoxy) is 1. The molecule has 0 bridgehead atoms. The number of carbonyl (C=O) groups is 1. The van der Waals surface area contributed by atoms with Gasteiger partial charge >= 0.3 is 0 Å². The summed E-state index contributed by atoms with van der Waals surface area (Å²) in [5, 5.41) is 6.62. The maximum absolute atomic E-state index is 12.8. The van der Waals surface area contributed by atoms with Crippen molar-refractivity contribution < 1.29 is 18.4 Å². The maximum Gasteiger partial charge on any atom is 0.253 e. The predicted molar refractivity (Wildman–Crippen MR) is 86.4 cm³/mol. The number of benzene rings is 1. The monoisotopic (exact) mass is 342 g/mol. The Labute approximate surface area is 142 Å². The lowest BCUT2D eigenvalue weighted by Gasteiger charge is -2.09. The number of aromatic nitrogens is 3. The standard InChI is InChI=1S/C17H15FN4O3/c1-10(20-16(23)11-7-8-14(18)19-9-11)17-21-15(22-25-17)12-5-3-4-6-13(12)24-2/h3-10H,1-2H3,(H,20,23)/t10-/m1/s1. The first kappa shape index (κ1) is 16.6. The van der Waals surface area contributed by atoms with Crippen LogP contribution in [0.2, 0.25) is 0 Å². The van der Waals surface area contributed by atoms with Gasteiger partial charge in [0.2, 0.25) is 17.7 Å². The highest BCUT2D eigenvalue weighted by Crippen LogP contribution is 2.27. The van der Waals surface area contributed by atoms with Crippen LogP contribution in [0, 0.1) is 5.95 Å². The summed E-state index contributed by atoms with van der Waals surface area (Å²) in [7, 11) is 1.55. The van der Waals surface area contributed by atoms with Crippen molar-refractivity contribution in [2.24, 2.45) is 0 Å². The highest BCUT2D eigenvalue weighted by molar-refractivity contribution is 5.94. The topological polar surface area (TPSA) is 90.1 Å². The molecule has 0 unspecified atom stereocenters. The predicted octanol–water partition coefficient (Wildman–Crippen LogP) is 2.77. The molecule has 3 aromatic rings.